The van der Waals surface area contributed by atoms with Crippen LogP contribution in [0.3, 0.4) is 0 Å². The van der Waals surface area contributed by atoms with Crippen LogP contribution in [0.4, 0.5) is 0 Å². The number of β-lactam (4-membered cyclic amide) rings is 1. The van der Waals surface area contributed by atoms with Crippen LogP contribution in [-0.4, -0.2) is 29.9 Å². The molecule has 1 unspecified atom stereocenters. The topological polar surface area (TPSA) is 55.4 Å². The van der Waals surface area contributed by atoms with E-state index in [4.69, 9.17) is 4.43 Å². The van der Waals surface area contributed by atoms with E-state index in [0.717, 1.165) is 4.90 Å². The van der Waals surface area contributed by atoms with Gasteiger partial charge in [-0.1, -0.05) is 39.0 Å². The summed E-state index contributed by atoms with van der Waals surface area (Å²) in [4.78, 5) is 12.8. The highest BCUT2D eigenvalue weighted by atomic mass is 32.2. The monoisotopic (exact) mass is 353 g/mol. The van der Waals surface area contributed by atoms with E-state index >= 15 is 0 Å². The number of hydrogen-bond donors (Lipinski definition) is 1. The van der Waals surface area contributed by atoms with Crippen LogP contribution >= 0.6 is 0 Å². The quantitative estimate of drug-likeness (QED) is 0.653. The normalized spacial score (nSPS) is 24.5. The van der Waals surface area contributed by atoms with Gasteiger partial charge >= 0.3 is 0 Å². The second-order valence-electron chi connectivity index (χ2n) is 7.65. The Morgan fingerprint density at radius 1 is 1.22 bits per heavy atom. The molecule has 1 fully saturated rings. The van der Waals surface area contributed by atoms with Crippen molar-refractivity contribution in [3.05, 3.63) is 30.3 Å². The molecule has 4 nitrogen and oxygen atoms in total. The Hall–Kier alpha value is -0.983. The minimum atomic E-state index is -1.97. The smallest absolute Gasteiger partial charge is 0.229 e. The van der Waals surface area contributed by atoms with Gasteiger partial charge in [0.25, 0.3) is 0 Å². The Kier molecular flexibility index (Phi) is 5.18. The summed E-state index contributed by atoms with van der Waals surface area (Å²) in [5.74, 6) is -0.421. The summed E-state index contributed by atoms with van der Waals surface area (Å²) in [7, 11) is -3.22. The predicted molar refractivity (Wildman–Crippen MR) is 96.0 cm³/mol. The molecule has 4 atom stereocenters. The highest BCUT2D eigenvalue weighted by molar-refractivity contribution is 7.85. The SMILES string of the molecule is C[C@@H](O[Si](C)(C)C(C)(C)C)[C@H]1C(=O)N[C@@H]1S(=O)c1ccccc1. The van der Waals surface area contributed by atoms with Crippen molar-refractivity contribution in [1.82, 2.24) is 5.32 Å². The molecule has 0 aromatic heterocycles. The predicted octanol–water partition coefficient (Wildman–Crippen LogP) is 3.28. The van der Waals surface area contributed by atoms with Gasteiger partial charge in [0.15, 0.2) is 8.32 Å². The van der Waals surface area contributed by atoms with E-state index in [1.807, 2.05) is 37.3 Å². The van der Waals surface area contributed by atoms with Crippen LogP contribution < -0.4 is 5.32 Å². The number of carbonyl (C=O) groups excluding carboxylic acids is 1. The van der Waals surface area contributed by atoms with Crippen molar-refractivity contribution in [3.8, 4) is 0 Å². The van der Waals surface area contributed by atoms with Gasteiger partial charge in [0, 0.05) is 4.90 Å². The maximum Gasteiger partial charge on any atom is 0.229 e. The Balaban J connectivity index is 2.12. The minimum Gasteiger partial charge on any atom is -0.413 e. The molecule has 0 saturated carbocycles. The first-order valence-corrected chi connectivity index (χ1v) is 12.1. The van der Waals surface area contributed by atoms with Gasteiger partial charge in [-0.15, -0.1) is 0 Å². The molecule has 1 amide bonds. The van der Waals surface area contributed by atoms with Crippen molar-refractivity contribution in [2.24, 2.45) is 5.92 Å². The number of benzene rings is 1. The minimum absolute atomic E-state index is 0.0644. The van der Waals surface area contributed by atoms with E-state index in [1.54, 1.807) is 0 Å². The van der Waals surface area contributed by atoms with Crippen LogP contribution in [0.15, 0.2) is 35.2 Å². The van der Waals surface area contributed by atoms with Gasteiger partial charge in [0.05, 0.1) is 22.8 Å². The molecule has 6 heteroatoms. The molecule has 1 aromatic rings. The average molecular weight is 354 g/mol. The van der Waals surface area contributed by atoms with Crippen LogP contribution in [0.1, 0.15) is 27.7 Å². The number of carbonyl (C=O) groups is 1. The fraction of sp³-hybridized carbons (Fsp3) is 0.588. The molecule has 0 aliphatic carbocycles. The first-order chi connectivity index (χ1) is 10.5. The van der Waals surface area contributed by atoms with E-state index in [-0.39, 0.29) is 28.3 Å². The molecule has 1 aromatic carbocycles. The standard InChI is InChI=1S/C17H27NO3SSi/c1-12(21-23(5,6)17(2,3)4)14-15(19)18-16(14)22(20)13-10-8-7-9-11-13/h7-12,14,16H,1-6H3,(H,18,19)/t12-,14+,16-,22?/m1/s1. The highest BCUT2D eigenvalue weighted by Gasteiger charge is 2.49. The largest absolute Gasteiger partial charge is 0.413 e. The van der Waals surface area contributed by atoms with Gasteiger partial charge in [-0.2, -0.15) is 0 Å². The van der Waals surface area contributed by atoms with Crippen molar-refractivity contribution in [2.45, 2.75) is 62.2 Å². The summed E-state index contributed by atoms with van der Waals surface area (Å²) in [6, 6.07) is 9.27. The van der Waals surface area contributed by atoms with Gasteiger partial charge in [0.1, 0.15) is 5.37 Å². The van der Waals surface area contributed by atoms with Crippen LogP contribution in [0.2, 0.25) is 18.1 Å². The Morgan fingerprint density at radius 3 is 2.26 bits per heavy atom. The van der Waals surface area contributed by atoms with Crippen molar-refractivity contribution >= 4 is 25.0 Å². The number of amides is 1. The van der Waals surface area contributed by atoms with E-state index in [0.29, 0.717) is 0 Å². The zero-order valence-corrected chi connectivity index (χ0v) is 16.6. The van der Waals surface area contributed by atoms with Gasteiger partial charge in [-0.05, 0) is 37.2 Å². The molecule has 0 spiro atoms. The van der Waals surface area contributed by atoms with Crippen LogP contribution in [0, 0.1) is 5.92 Å². The van der Waals surface area contributed by atoms with Gasteiger partial charge < -0.3 is 9.74 Å². The molecule has 2 rings (SSSR count). The zero-order valence-electron chi connectivity index (χ0n) is 14.8. The molecule has 0 bridgehead atoms. The molecule has 1 heterocycles. The number of nitrogens with one attached hydrogen (secondary N) is 1. The molecule has 1 aliphatic rings. The Morgan fingerprint density at radius 2 is 1.78 bits per heavy atom. The maximum atomic E-state index is 12.7. The summed E-state index contributed by atoms with van der Waals surface area (Å²) in [6.07, 6.45) is -0.234. The fourth-order valence-electron chi connectivity index (χ4n) is 2.43. The molecular formula is C17H27NO3SSi. The van der Waals surface area contributed by atoms with Crippen LogP contribution in [0.25, 0.3) is 0 Å². The summed E-state index contributed by atoms with van der Waals surface area (Å²) in [6.45, 7) is 12.8. The Bertz CT molecular complexity index is 598. The third-order valence-electron chi connectivity index (χ3n) is 4.91. The molecule has 0 radical (unpaired) electrons. The second kappa shape index (κ2) is 6.49. The maximum absolute atomic E-state index is 12.7. The van der Waals surface area contributed by atoms with Crippen LogP contribution in [-0.2, 0) is 20.0 Å². The highest BCUT2D eigenvalue weighted by Crippen LogP contribution is 2.39. The molecule has 23 heavy (non-hydrogen) atoms. The molecule has 1 aliphatic heterocycles. The Labute approximate surface area is 142 Å². The lowest BCUT2D eigenvalue weighted by Gasteiger charge is -2.44. The van der Waals surface area contributed by atoms with Crippen LogP contribution in [0.5, 0.6) is 0 Å². The third-order valence-corrected chi connectivity index (χ3v) is 11.1. The summed E-state index contributed by atoms with van der Waals surface area (Å²) >= 11 is 0. The molecular weight excluding hydrogens is 326 g/mol. The lowest BCUT2D eigenvalue weighted by Crippen LogP contribution is -2.65. The van der Waals surface area contributed by atoms with Crippen molar-refractivity contribution in [1.29, 1.82) is 0 Å². The summed E-state index contributed by atoms with van der Waals surface area (Å²) in [5, 5.41) is 2.50. The van der Waals surface area contributed by atoms with E-state index < -0.39 is 19.1 Å². The first kappa shape index (κ1) is 18.4. The third kappa shape index (κ3) is 3.75. The number of rotatable bonds is 5. The van der Waals surface area contributed by atoms with Gasteiger partial charge in [0.2, 0.25) is 5.91 Å². The molecule has 128 valence electrons. The van der Waals surface area contributed by atoms with Crippen molar-refractivity contribution in [2.75, 3.05) is 0 Å². The summed E-state index contributed by atoms with van der Waals surface area (Å²) < 4.78 is 19.0. The average Bonchev–Trinajstić information content (AvgIpc) is 2.42. The summed E-state index contributed by atoms with van der Waals surface area (Å²) in [5.41, 5.74) is 0. The van der Waals surface area contributed by atoms with Crippen molar-refractivity contribution in [3.63, 3.8) is 0 Å². The van der Waals surface area contributed by atoms with Gasteiger partial charge in [-0.3, -0.25) is 9.00 Å². The van der Waals surface area contributed by atoms with E-state index in [9.17, 15) is 9.00 Å². The van der Waals surface area contributed by atoms with E-state index in [2.05, 4.69) is 39.2 Å². The van der Waals surface area contributed by atoms with Crippen molar-refractivity contribution < 1.29 is 13.4 Å². The fourth-order valence-corrected chi connectivity index (χ4v) is 5.41. The zero-order chi connectivity index (χ0) is 17.4. The number of hydrogen-bond acceptors (Lipinski definition) is 3. The van der Waals surface area contributed by atoms with Gasteiger partial charge in [-0.25, -0.2) is 0 Å². The first-order valence-electron chi connectivity index (χ1n) is 7.98. The molecule has 1 saturated heterocycles. The lowest BCUT2D eigenvalue weighted by molar-refractivity contribution is -0.136. The van der Waals surface area contributed by atoms with E-state index in [1.165, 1.54) is 0 Å². The molecule has 1 N–H and O–H groups in total. The lowest BCUT2D eigenvalue weighted by atomic mass is 9.96. The second-order valence-corrected chi connectivity index (χ2v) is 14.0.